The highest BCUT2D eigenvalue weighted by Gasteiger charge is 2.30. The third kappa shape index (κ3) is 5.00. The van der Waals surface area contributed by atoms with Gasteiger partial charge in [-0.1, -0.05) is 0 Å². The minimum Gasteiger partial charge on any atom is -0.493 e. The summed E-state index contributed by atoms with van der Waals surface area (Å²) >= 11 is 0. The number of hydrogen-bond donors (Lipinski definition) is 1. The Morgan fingerprint density at radius 1 is 1.37 bits per heavy atom. The molecule has 146 valence electrons. The predicted octanol–water partition coefficient (Wildman–Crippen LogP) is 2.97. The number of H-pyrrole nitrogens is 1. The molecule has 0 saturated carbocycles. The molecule has 1 N–H and O–H groups in total. The molecule has 0 radical (unpaired) electrons. The summed E-state index contributed by atoms with van der Waals surface area (Å²) in [5.74, 6) is 0.374. The number of hydrogen-bond acceptors (Lipinski definition) is 4. The van der Waals surface area contributed by atoms with Crippen LogP contribution in [0.5, 0.6) is 5.75 Å². The van der Waals surface area contributed by atoms with Crippen molar-refractivity contribution < 1.29 is 27.4 Å². The van der Waals surface area contributed by atoms with Crippen LogP contribution in [0.2, 0.25) is 0 Å². The first kappa shape index (κ1) is 19.2. The van der Waals surface area contributed by atoms with Crippen LogP contribution in [0, 0.1) is 0 Å². The van der Waals surface area contributed by atoms with Crippen LogP contribution in [0.4, 0.5) is 13.2 Å². The molecule has 1 fully saturated rings. The van der Waals surface area contributed by atoms with Crippen LogP contribution < -0.4 is 4.74 Å². The van der Waals surface area contributed by atoms with Gasteiger partial charge in [0.1, 0.15) is 11.9 Å². The zero-order valence-electron chi connectivity index (χ0n) is 14.8. The van der Waals surface area contributed by atoms with Gasteiger partial charge in [-0.15, -0.1) is 0 Å². The molecule has 1 saturated heterocycles. The number of aromatic nitrogens is 2. The minimum atomic E-state index is -4.36. The smallest absolute Gasteiger partial charge is 0.416 e. The van der Waals surface area contributed by atoms with Gasteiger partial charge in [-0.3, -0.25) is 9.89 Å². The molecule has 1 amide bonds. The Balaban J connectivity index is 1.50. The van der Waals surface area contributed by atoms with E-state index in [1.165, 1.54) is 19.1 Å². The fourth-order valence-electron chi connectivity index (χ4n) is 2.81. The van der Waals surface area contributed by atoms with Crippen molar-refractivity contribution in [2.24, 2.45) is 0 Å². The Hall–Kier alpha value is -2.55. The predicted molar refractivity (Wildman–Crippen MR) is 90.2 cm³/mol. The number of rotatable bonds is 5. The Morgan fingerprint density at radius 3 is 2.78 bits per heavy atom. The normalized spacial score (nSPS) is 17.8. The monoisotopic (exact) mass is 383 g/mol. The maximum Gasteiger partial charge on any atom is 0.416 e. The summed E-state index contributed by atoms with van der Waals surface area (Å²) in [6, 6.07) is 6.43. The largest absolute Gasteiger partial charge is 0.493 e. The van der Waals surface area contributed by atoms with Crippen LogP contribution in [-0.4, -0.2) is 47.3 Å². The molecule has 0 spiro atoms. The summed E-state index contributed by atoms with van der Waals surface area (Å²) in [6.07, 6.45) is -4.12. The molecule has 3 rings (SSSR count). The highest BCUT2D eigenvalue weighted by molar-refractivity contribution is 5.73. The van der Waals surface area contributed by atoms with E-state index in [0.717, 1.165) is 17.8 Å². The number of amides is 1. The van der Waals surface area contributed by atoms with Crippen LogP contribution in [-0.2, 0) is 22.1 Å². The standard InChI is InChI=1S/C18H20F3N3O3/c1-12(25)24-7-9-27-17(11-24)16-10-14(22-23-16)6-8-26-15-4-2-13(3-5-15)18(19,20)21/h2-5,10,17H,6-9,11H2,1H3,(H,22,23)/t17-/m1/s1. The SMILES string of the molecule is CC(=O)N1CCO[C@@H](c2cc(CCOc3ccc(C(F)(F)F)cc3)[nH]n2)C1. The molecule has 1 aromatic heterocycles. The van der Waals surface area contributed by atoms with Gasteiger partial charge in [-0.25, -0.2) is 0 Å². The van der Waals surface area contributed by atoms with Gasteiger partial charge in [0.15, 0.2) is 0 Å². The van der Waals surface area contributed by atoms with E-state index < -0.39 is 11.7 Å². The second-order valence-corrected chi connectivity index (χ2v) is 6.26. The number of carbonyl (C=O) groups is 1. The maximum absolute atomic E-state index is 12.5. The third-order valence-corrected chi connectivity index (χ3v) is 4.31. The van der Waals surface area contributed by atoms with E-state index >= 15 is 0 Å². The summed E-state index contributed by atoms with van der Waals surface area (Å²) in [5, 5.41) is 7.13. The van der Waals surface area contributed by atoms with Crippen molar-refractivity contribution in [3.63, 3.8) is 0 Å². The van der Waals surface area contributed by atoms with Gasteiger partial charge in [-0.2, -0.15) is 18.3 Å². The molecule has 2 heterocycles. The molecule has 0 aliphatic carbocycles. The third-order valence-electron chi connectivity index (χ3n) is 4.31. The average molecular weight is 383 g/mol. The topological polar surface area (TPSA) is 67.5 Å². The molecule has 0 unspecified atom stereocenters. The van der Waals surface area contributed by atoms with E-state index in [1.807, 2.05) is 6.07 Å². The van der Waals surface area contributed by atoms with Gasteiger partial charge >= 0.3 is 6.18 Å². The fraction of sp³-hybridized carbons (Fsp3) is 0.444. The lowest BCUT2D eigenvalue weighted by molar-refractivity contribution is -0.138. The number of benzene rings is 1. The number of alkyl halides is 3. The molecular formula is C18H20F3N3O3. The van der Waals surface area contributed by atoms with E-state index in [0.29, 0.717) is 37.6 Å². The average Bonchev–Trinajstić information content (AvgIpc) is 3.10. The molecule has 27 heavy (non-hydrogen) atoms. The molecule has 6 nitrogen and oxygen atoms in total. The minimum absolute atomic E-state index is 0.00370. The number of nitrogens with zero attached hydrogens (tertiary/aromatic N) is 2. The fourth-order valence-corrected chi connectivity index (χ4v) is 2.81. The summed E-state index contributed by atoms with van der Waals surface area (Å²) < 4.78 is 48.8. The number of aromatic amines is 1. The first-order valence-corrected chi connectivity index (χ1v) is 8.54. The summed E-state index contributed by atoms with van der Waals surface area (Å²) in [7, 11) is 0. The highest BCUT2D eigenvalue weighted by atomic mass is 19.4. The van der Waals surface area contributed by atoms with Gasteiger partial charge in [0.2, 0.25) is 5.91 Å². The van der Waals surface area contributed by atoms with Crippen molar-refractivity contribution >= 4 is 5.91 Å². The van der Waals surface area contributed by atoms with Crippen LogP contribution in [0.3, 0.4) is 0 Å². The van der Waals surface area contributed by atoms with Crippen molar-refractivity contribution in [2.45, 2.75) is 25.6 Å². The molecule has 2 aromatic rings. The van der Waals surface area contributed by atoms with E-state index in [2.05, 4.69) is 10.2 Å². The van der Waals surface area contributed by atoms with Gasteiger partial charge in [0, 0.05) is 25.6 Å². The van der Waals surface area contributed by atoms with Crippen LogP contribution in [0.15, 0.2) is 30.3 Å². The van der Waals surface area contributed by atoms with Gasteiger partial charge in [-0.05, 0) is 30.3 Å². The van der Waals surface area contributed by atoms with Gasteiger partial charge in [0.05, 0.1) is 31.0 Å². The van der Waals surface area contributed by atoms with Crippen LogP contribution in [0.25, 0.3) is 0 Å². The van der Waals surface area contributed by atoms with E-state index in [4.69, 9.17) is 9.47 Å². The molecule has 9 heteroatoms. The Morgan fingerprint density at radius 2 is 2.11 bits per heavy atom. The van der Waals surface area contributed by atoms with E-state index in [1.54, 1.807) is 4.90 Å². The summed E-state index contributed by atoms with van der Waals surface area (Å²) in [6.45, 7) is 3.31. The second kappa shape index (κ2) is 7.99. The van der Waals surface area contributed by atoms with E-state index in [-0.39, 0.29) is 18.6 Å². The first-order chi connectivity index (χ1) is 12.8. The van der Waals surface area contributed by atoms with Crippen molar-refractivity contribution in [3.8, 4) is 5.75 Å². The lowest BCUT2D eigenvalue weighted by Crippen LogP contribution is -2.41. The summed E-state index contributed by atoms with van der Waals surface area (Å²) in [4.78, 5) is 13.2. The van der Waals surface area contributed by atoms with Crippen molar-refractivity contribution in [1.29, 1.82) is 0 Å². The molecule has 1 aliphatic rings. The first-order valence-electron chi connectivity index (χ1n) is 8.54. The zero-order valence-corrected chi connectivity index (χ0v) is 14.8. The molecule has 1 aromatic carbocycles. The molecule has 1 atom stereocenters. The quantitative estimate of drug-likeness (QED) is 0.862. The molecule has 0 bridgehead atoms. The number of carbonyl (C=O) groups excluding carboxylic acids is 1. The lowest BCUT2D eigenvalue weighted by atomic mass is 10.2. The zero-order chi connectivity index (χ0) is 19.4. The lowest BCUT2D eigenvalue weighted by Gasteiger charge is -2.31. The molecule has 1 aliphatic heterocycles. The maximum atomic E-state index is 12.5. The second-order valence-electron chi connectivity index (χ2n) is 6.26. The van der Waals surface area contributed by atoms with Crippen LogP contribution >= 0.6 is 0 Å². The van der Waals surface area contributed by atoms with Crippen molar-refractivity contribution in [1.82, 2.24) is 15.1 Å². The molecular weight excluding hydrogens is 363 g/mol. The van der Waals surface area contributed by atoms with Gasteiger partial charge in [0.25, 0.3) is 0 Å². The number of morpholine rings is 1. The summed E-state index contributed by atoms with van der Waals surface area (Å²) in [5.41, 5.74) is 0.825. The Bertz CT molecular complexity index is 774. The Labute approximate surface area is 154 Å². The van der Waals surface area contributed by atoms with Gasteiger partial charge < -0.3 is 14.4 Å². The Kier molecular flexibility index (Phi) is 5.69. The highest BCUT2D eigenvalue weighted by Crippen LogP contribution is 2.30. The number of nitrogens with one attached hydrogen (secondary N) is 1. The van der Waals surface area contributed by atoms with E-state index in [9.17, 15) is 18.0 Å². The van der Waals surface area contributed by atoms with Crippen LogP contribution in [0.1, 0.15) is 30.0 Å². The van der Waals surface area contributed by atoms with Crippen molar-refractivity contribution in [3.05, 3.63) is 47.3 Å². The number of halogens is 3. The number of ether oxygens (including phenoxy) is 2. The van der Waals surface area contributed by atoms with Crippen molar-refractivity contribution in [2.75, 3.05) is 26.3 Å².